The van der Waals surface area contributed by atoms with Gasteiger partial charge in [-0.05, 0) is 25.1 Å². The zero-order chi connectivity index (χ0) is 8.27. The molecule has 1 rings (SSSR count). The molecule has 0 bridgehead atoms. The first kappa shape index (κ1) is 8.56. The van der Waals surface area contributed by atoms with Gasteiger partial charge in [0.15, 0.2) is 0 Å². The number of hydrogen-bond acceptors (Lipinski definition) is 2. The van der Waals surface area contributed by atoms with Crippen LogP contribution in [0.2, 0.25) is 0 Å². The highest BCUT2D eigenvalue weighted by Crippen LogP contribution is 2.21. The van der Waals surface area contributed by atoms with Crippen LogP contribution in [0.25, 0.3) is 0 Å². The lowest BCUT2D eigenvalue weighted by Gasteiger charge is -2.02. The number of aliphatic hydroxyl groups is 1. The Morgan fingerprint density at radius 1 is 1.55 bits per heavy atom. The lowest BCUT2D eigenvalue weighted by molar-refractivity contribution is 0.284. The fourth-order valence-corrected chi connectivity index (χ4v) is 1.47. The largest absolute Gasteiger partial charge is 0.382 e. The topological polar surface area (TPSA) is 20.2 Å². The molecule has 0 amide bonds. The van der Waals surface area contributed by atoms with Gasteiger partial charge >= 0.3 is 0 Å². The average molecular weight is 172 g/mol. The second-order valence-corrected chi connectivity index (χ2v) is 3.56. The zero-order valence-corrected chi connectivity index (χ0v) is 6.94. The molecule has 0 aliphatic heterocycles. The molecule has 3 heteroatoms. The Morgan fingerprint density at radius 3 is 2.82 bits per heavy atom. The Bertz CT molecular complexity index is 237. The van der Waals surface area contributed by atoms with Crippen molar-refractivity contribution in [2.75, 3.05) is 0 Å². The van der Waals surface area contributed by atoms with E-state index in [-0.39, 0.29) is 5.82 Å². The van der Waals surface area contributed by atoms with E-state index in [0.29, 0.717) is 0 Å². The van der Waals surface area contributed by atoms with Crippen LogP contribution in [0.5, 0.6) is 0 Å². The quantitative estimate of drug-likeness (QED) is 0.545. The van der Waals surface area contributed by atoms with Crippen molar-refractivity contribution in [3.05, 3.63) is 30.1 Å². The van der Waals surface area contributed by atoms with Gasteiger partial charge in [-0.25, -0.2) is 4.39 Å². The number of benzene rings is 1. The molecule has 0 aromatic heterocycles. The fourth-order valence-electron chi connectivity index (χ4n) is 0.737. The smallest absolute Gasteiger partial charge is 0.124 e. The van der Waals surface area contributed by atoms with Crippen molar-refractivity contribution < 1.29 is 9.50 Å². The average Bonchev–Trinajstić information content (AvgIpc) is 1.85. The molecule has 1 atom stereocenters. The van der Waals surface area contributed by atoms with Gasteiger partial charge in [0.1, 0.15) is 11.3 Å². The number of rotatable bonds is 2. The molecule has 60 valence electrons. The first-order valence-corrected chi connectivity index (χ1v) is 4.17. The van der Waals surface area contributed by atoms with E-state index in [1.54, 1.807) is 19.1 Å². The molecule has 1 aromatic rings. The van der Waals surface area contributed by atoms with E-state index < -0.39 is 5.44 Å². The highest BCUT2D eigenvalue weighted by Gasteiger charge is 1.99. The van der Waals surface area contributed by atoms with E-state index in [9.17, 15) is 4.39 Å². The highest BCUT2D eigenvalue weighted by atomic mass is 32.2. The van der Waals surface area contributed by atoms with E-state index in [4.69, 9.17) is 5.11 Å². The minimum atomic E-state index is -0.489. The van der Waals surface area contributed by atoms with Crippen LogP contribution < -0.4 is 0 Å². The summed E-state index contributed by atoms with van der Waals surface area (Å²) < 4.78 is 12.5. The van der Waals surface area contributed by atoms with Gasteiger partial charge in [0.25, 0.3) is 0 Å². The summed E-state index contributed by atoms with van der Waals surface area (Å²) in [5, 5.41) is 8.94. The van der Waals surface area contributed by atoms with Gasteiger partial charge in [0.05, 0.1) is 0 Å². The van der Waals surface area contributed by atoms with Crippen molar-refractivity contribution in [1.82, 2.24) is 0 Å². The molecule has 0 unspecified atom stereocenters. The normalized spacial score (nSPS) is 13.0. The van der Waals surface area contributed by atoms with Crippen molar-refractivity contribution in [3.63, 3.8) is 0 Å². The second-order valence-electron chi connectivity index (χ2n) is 2.17. The molecule has 1 N–H and O–H groups in total. The lowest BCUT2D eigenvalue weighted by atomic mass is 10.4. The zero-order valence-electron chi connectivity index (χ0n) is 6.12. The summed E-state index contributed by atoms with van der Waals surface area (Å²) in [7, 11) is 0. The first-order valence-electron chi connectivity index (χ1n) is 3.29. The molecule has 0 aliphatic rings. The monoisotopic (exact) mass is 172 g/mol. The van der Waals surface area contributed by atoms with E-state index >= 15 is 0 Å². The Hall–Kier alpha value is -0.540. The van der Waals surface area contributed by atoms with Gasteiger partial charge in [-0.1, -0.05) is 17.8 Å². The minimum Gasteiger partial charge on any atom is -0.382 e. The summed E-state index contributed by atoms with van der Waals surface area (Å²) in [6, 6.07) is 6.17. The summed E-state index contributed by atoms with van der Waals surface area (Å²) in [5.74, 6) is -0.268. The summed E-state index contributed by atoms with van der Waals surface area (Å²) in [6.07, 6.45) is 0. The molecule has 0 fully saturated rings. The second kappa shape index (κ2) is 3.74. The van der Waals surface area contributed by atoms with Crippen LogP contribution in [-0.2, 0) is 0 Å². The standard InChI is InChI=1S/C8H9FOS/c1-6(10)11-8-4-2-3-7(9)5-8/h2-6,10H,1H3/t6-/m1/s1. The van der Waals surface area contributed by atoms with Crippen molar-refractivity contribution >= 4 is 11.8 Å². The van der Waals surface area contributed by atoms with Gasteiger partial charge in [-0.2, -0.15) is 0 Å². The maximum absolute atomic E-state index is 12.5. The van der Waals surface area contributed by atoms with Crippen molar-refractivity contribution in [2.45, 2.75) is 17.3 Å². The molecule has 1 nitrogen and oxygen atoms in total. The molecule has 11 heavy (non-hydrogen) atoms. The fraction of sp³-hybridized carbons (Fsp3) is 0.250. The van der Waals surface area contributed by atoms with Crippen molar-refractivity contribution in [1.29, 1.82) is 0 Å². The lowest BCUT2D eigenvalue weighted by Crippen LogP contribution is -1.90. The molecule has 0 radical (unpaired) electrons. The Labute approximate surface area is 69.2 Å². The molecule has 0 spiro atoms. The van der Waals surface area contributed by atoms with E-state index in [1.165, 1.54) is 23.9 Å². The molecular weight excluding hydrogens is 163 g/mol. The van der Waals surface area contributed by atoms with Crippen LogP contribution in [0.3, 0.4) is 0 Å². The van der Waals surface area contributed by atoms with Crippen molar-refractivity contribution in [2.24, 2.45) is 0 Å². The summed E-state index contributed by atoms with van der Waals surface area (Å²) in [4.78, 5) is 0.750. The third kappa shape index (κ3) is 2.91. The van der Waals surface area contributed by atoms with Gasteiger partial charge < -0.3 is 5.11 Å². The molecule has 0 aliphatic carbocycles. The molecule has 0 saturated heterocycles. The van der Waals surface area contributed by atoms with Crippen molar-refractivity contribution in [3.8, 4) is 0 Å². The van der Waals surface area contributed by atoms with Crippen LogP contribution >= 0.6 is 11.8 Å². The number of thioether (sulfide) groups is 1. The number of hydrogen-bond donors (Lipinski definition) is 1. The van der Waals surface area contributed by atoms with E-state index in [0.717, 1.165) is 4.90 Å². The predicted octanol–water partition coefficient (Wildman–Crippen LogP) is 2.26. The number of halogens is 1. The minimum absolute atomic E-state index is 0.268. The molecule has 1 aromatic carbocycles. The summed E-state index contributed by atoms with van der Waals surface area (Å²) in [5.41, 5.74) is -0.489. The predicted molar refractivity (Wildman–Crippen MR) is 43.9 cm³/mol. The third-order valence-electron chi connectivity index (χ3n) is 1.10. The Balaban J connectivity index is 2.71. The summed E-state index contributed by atoms with van der Waals surface area (Å²) in [6.45, 7) is 1.65. The molecule has 0 heterocycles. The van der Waals surface area contributed by atoms with E-state index in [2.05, 4.69) is 0 Å². The van der Waals surface area contributed by atoms with Crippen LogP contribution in [-0.4, -0.2) is 10.5 Å². The van der Waals surface area contributed by atoms with Crippen LogP contribution in [0.1, 0.15) is 6.92 Å². The SMILES string of the molecule is C[C@H](O)Sc1cccc(F)c1. The molecule has 0 saturated carbocycles. The Kier molecular flexibility index (Phi) is 2.91. The number of aliphatic hydroxyl groups excluding tert-OH is 1. The van der Waals surface area contributed by atoms with Gasteiger partial charge in [0, 0.05) is 4.90 Å². The van der Waals surface area contributed by atoms with Crippen LogP contribution in [0, 0.1) is 5.82 Å². The van der Waals surface area contributed by atoms with Crippen LogP contribution in [0.4, 0.5) is 4.39 Å². The maximum Gasteiger partial charge on any atom is 0.124 e. The van der Waals surface area contributed by atoms with E-state index in [1.807, 2.05) is 0 Å². The Morgan fingerprint density at radius 2 is 2.27 bits per heavy atom. The highest BCUT2D eigenvalue weighted by molar-refractivity contribution is 7.99. The van der Waals surface area contributed by atoms with Gasteiger partial charge in [-0.15, -0.1) is 0 Å². The van der Waals surface area contributed by atoms with Crippen LogP contribution in [0.15, 0.2) is 29.2 Å². The maximum atomic E-state index is 12.5. The van der Waals surface area contributed by atoms with Gasteiger partial charge in [-0.3, -0.25) is 0 Å². The first-order chi connectivity index (χ1) is 5.18. The summed E-state index contributed by atoms with van der Waals surface area (Å²) >= 11 is 1.23. The molecular formula is C8H9FOS. The third-order valence-corrected chi connectivity index (χ3v) is 1.97. The van der Waals surface area contributed by atoms with Gasteiger partial charge in [0.2, 0.25) is 0 Å².